The van der Waals surface area contributed by atoms with Crippen LogP contribution in [-0.4, -0.2) is 91.7 Å². The second-order valence-corrected chi connectivity index (χ2v) is 17.2. The normalized spacial score (nSPS) is 28.3. The van der Waals surface area contributed by atoms with Crippen molar-refractivity contribution in [1.29, 1.82) is 0 Å². The van der Waals surface area contributed by atoms with Gasteiger partial charge < -0.3 is 52.5 Å². The second-order valence-electron chi connectivity index (χ2n) is 15.8. The quantitative estimate of drug-likeness (QED) is 0.0815. The smallest absolute Gasteiger partial charge is 0.186 e. The Morgan fingerprint density at radius 2 is 1.10 bits per heavy atom. The van der Waals surface area contributed by atoms with E-state index in [1.165, 1.54) is 0 Å². The van der Waals surface area contributed by atoms with Crippen molar-refractivity contribution in [2.75, 3.05) is 26.1 Å². The van der Waals surface area contributed by atoms with Gasteiger partial charge in [0.2, 0.25) is 0 Å². The van der Waals surface area contributed by atoms with Gasteiger partial charge in [-0.3, -0.25) is 0 Å². The number of aliphatic hydroxyl groups excluding tert-OH is 1. The fourth-order valence-corrected chi connectivity index (χ4v) is 9.14. The largest absolute Gasteiger partial charge is 0.387 e. The third-order valence-electron chi connectivity index (χ3n) is 11.4. The van der Waals surface area contributed by atoms with Crippen molar-refractivity contribution in [3.8, 4) is 0 Å². The molecule has 12 heteroatoms. The first kappa shape index (κ1) is 45.6. The molecule has 63 heavy (non-hydrogen) atoms. The zero-order valence-corrected chi connectivity index (χ0v) is 36.6. The number of thioether (sulfide) groups is 1. The highest BCUT2D eigenvalue weighted by molar-refractivity contribution is 7.99. The van der Waals surface area contributed by atoms with Gasteiger partial charge in [-0.1, -0.05) is 153 Å². The molecule has 0 aliphatic carbocycles. The lowest BCUT2D eigenvalue weighted by atomic mass is 9.98. The number of methoxy groups -OCH3 is 1. The molecule has 3 aliphatic heterocycles. The number of aliphatic hydroxyl groups is 1. The molecule has 0 spiro atoms. The van der Waals surface area contributed by atoms with Gasteiger partial charge in [0, 0.05) is 12.7 Å². The van der Waals surface area contributed by atoms with Crippen LogP contribution in [-0.2, 0) is 80.4 Å². The molecule has 11 nitrogen and oxygen atoms in total. The van der Waals surface area contributed by atoms with E-state index in [1.807, 2.05) is 127 Å². The fourth-order valence-electron chi connectivity index (χ4n) is 8.17. The van der Waals surface area contributed by atoms with Crippen molar-refractivity contribution in [1.82, 2.24) is 0 Å². The summed E-state index contributed by atoms with van der Waals surface area (Å²) in [6.07, 6.45) is -6.22. The number of benzene rings is 5. The van der Waals surface area contributed by atoms with Crippen LogP contribution in [0.4, 0.5) is 0 Å². The zero-order valence-electron chi connectivity index (χ0n) is 35.8. The number of hydrogen-bond acceptors (Lipinski definition) is 12. The Bertz CT molecular complexity index is 2070. The van der Waals surface area contributed by atoms with Crippen LogP contribution < -0.4 is 0 Å². The highest BCUT2D eigenvalue weighted by Gasteiger charge is 2.51. The van der Waals surface area contributed by atoms with Gasteiger partial charge in [-0.2, -0.15) is 0 Å². The summed E-state index contributed by atoms with van der Waals surface area (Å²) in [5.74, 6) is 0.843. The van der Waals surface area contributed by atoms with E-state index in [9.17, 15) is 5.11 Å². The third kappa shape index (κ3) is 12.2. The molecule has 0 aromatic heterocycles. The van der Waals surface area contributed by atoms with Crippen LogP contribution >= 0.6 is 11.8 Å². The van der Waals surface area contributed by atoms with Gasteiger partial charge in [0.05, 0.1) is 46.2 Å². The van der Waals surface area contributed by atoms with Crippen LogP contribution in [0.15, 0.2) is 146 Å². The molecule has 0 amide bonds. The number of fused-ring (bicyclic) bond motifs is 1. The van der Waals surface area contributed by atoms with Gasteiger partial charge in [-0.25, -0.2) is 0 Å². The molecular formula is C51H58O11S. The lowest BCUT2D eigenvalue weighted by Gasteiger charge is -2.49. The minimum atomic E-state index is -1.05. The molecule has 5 aromatic carbocycles. The Morgan fingerprint density at radius 1 is 0.571 bits per heavy atom. The zero-order chi connectivity index (χ0) is 43.2. The first-order valence-electron chi connectivity index (χ1n) is 21.8. The average Bonchev–Trinajstić information content (AvgIpc) is 3.33. The Balaban J connectivity index is 0.931. The minimum Gasteiger partial charge on any atom is -0.387 e. The predicted octanol–water partition coefficient (Wildman–Crippen LogP) is 8.17. The monoisotopic (exact) mass is 878 g/mol. The molecule has 3 fully saturated rings. The van der Waals surface area contributed by atoms with Crippen molar-refractivity contribution in [3.05, 3.63) is 179 Å². The van der Waals surface area contributed by atoms with Gasteiger partial charge in [-0.15, -0.1) is 11.8 Å². The Kier molecular flexibility index (Phi) is 16.8. The maximum atomic E-state index is 11.7. The summed E-state index contributed by atoms with van der Waals surface area (Å²) in [4.78, 5) is 0. The van der Waals surface area contributed by atoms with E-state index in [0.717, 1.165) is 39.1 Å². The molecule has 334 valence electrons. The fraction of sp³-hybridized carbons (Fsp3) is 0.412. The Labute approximate surface area is 374 Å². The molecular weight excluding hydrogens is 821 g/mol. The Hall–Kier alpha value is -3.99. The molecule has 8 rings (SSSR count). The van der Waals surface area contributed by atoms with Gasteiger partial charge >= 0.3 is 0 Å². The molecule has 1 N–H and O–H groups in total. The summed E-state index contributed by atoms with van der Waals surface area (Å²) >= 11 is 1.70. The van der Waals surface area contributed by atoms with Crippen molar-refractivity contribution < 1.29 is 52.5 Å². The summed E-state index contributed by atoms with van der Waals surface area (Å²) in [6.45, 7) is 4.17. The maximum absolute atomic E-state index is 11.7. The predicted molar refractivity (Wildman–Crippen MR) is 238 cm³/mol. The Morgan fingerprint density at radius 3 is 1.70 bits per heavy atom. The van der Waals surface area contributed by atoms with Crippen LogP contribution in [0.1, 0.15) is 46.6 Å². The van der Waals surface area contributed by atoms with E-state index in [1.54, 1.807) is 18.9 Å². The van der Waals surface area contributed by atoms with Gasteiger partial charge in [0.1, 0.15) is 54.3 Å². The van der Waals surface area contributed by atoms with Gasteiger partial charge in [-0.05, 0) is 33.6 Å². The van der Waals surface area contributed by atoms with E-state index in [0.29, 0.717) is 26.4 Å². The number of ether oxygens (including phenoxy) is 10. The van der Waals surface area contributed by atoms with Crippen molar-refractivity contribution in [3.63, 3.8) is 0 Å². The average molecular weight is 879 g/mol. The van der Waals surface area contributed by atoms with Crippen LogP contribution in [0.2, 0.25) is 0 Å². The minimum absolute atomic E-state index is 0.0996. The molecule has 11 atom stereocenters. The molecule has 0 saturated carbocycles. The first-order chi connectivity index (χ1) is 31.1. The van der Waals surface area contributed by atoms with Crippen LogP contribution in [0.3, 0.4) is 0 Å². The van der Waals surface area contributed by atoms with Crippen LogP contribution in [0, 0.1) is 0 Å². The number of hydrogen-bond donors (Lipinski definition) is 1. The summed E-state index contributed by atoms with van der Waals surface area (Å²) in [5, 5.41) is 11.7. The van der Waals surface area contributed by atoms with E-state index in [2.05, 4.69) is 25.1 Å². The summed E-state index contributed by atoms with van der Waals surface area (Å²) < 4.78 is 64.2. The van der Waals surface area contributed by atoms with Gasteiger partial charge in [0.15, 0.2) is 12.6 Å². The van der Waals surface area contributed by atoms with E-state index < -0.39 is 55.3 Å². The highest BCUT2D eigenvalue weighted by Crippen LogP contribution is 2.40. The SMILES string of the molecule is CCSC1OC2COC(c3ccccc3)OC2C(OCc2cccc(COCC3OC(OC)C(OCc4ccccc4)C(OCc4ccccc4)C3O)c2)C1OCc1ccccc1. The summed E-state index contributed by atoms with van der Waals surface area (Å²) in [6, 6.07) is 47.9. The van der Waals surface area contributed by atoms with Crippen LogP contribution in [0.25, 0.3) is 0 Å². The van der Waals surface area contributed by atoms with Gasteiger partial charge in [0.25, 0.3) is 0 Å². The molecule has 11 unspecified atom stereocenters. The number of rotatable bonds is 20. The first-order valence-corrected chi connectivity index (χ1v) is 22.8. The van der Waals surface area contributed by atoms with E-state index >= 15 is 0 Å². The van der Waals surface area contributed by atoms with Crippen molar-refractivity contribution in [2.24, 2.45) is 0 Å². The molecule has 0 radical (unpaired) electrons. The topological polar surface area (TPSA) is 113 Å². The molecule has 3 saturated heterocycles. The summed E-state index contributed by atoms with van der Waals surface area (Å²) in [5.41, 5.74) is 5.59. The lowest BCUT2D eigenvalue weighted by molar-refractivity contribution is -0.329. The third-order valence-corrected chi connectivity index (χ3v) is 12.4. The summed E-state index contributed by atoms with van der Waals surface area (Å²) in [7, 11) is 1.57. The maximum Gasteiger partial charge on any atom is 0.186 e. The van der Waals surface area contributed by atoms with Crippen molar-refractivity contribution >= 4 is 11.8 Å². The van der Waals surface area contributed by atoms with Crippen LogP contribution in [0.5, 0.6) is 0 Å². The highest BCUT2D eigenvalue weighted by atomic mass is 32.2. The second kappa shape index (κ2) is 23.3. The molecule has 0 bridgehead atoms. The van der Waals surface area contributed by atoms with Crippen molar-refractivity contribution in [2.45, 2.75) is 107 Å². The molecule has 3 heterocycles. The van der Waals surface area contributed by atoms with E-state index in [-0.39, 0.29) is 31.4 Å². The lowest BCUT2D eigenvalue weighted by Crippen LogP contribution is -2.62. The molecule has 5 aromatic rings. The van der Waals surface area contributed by atoms with E-state index in [4.69, 9.17) is 47.4 Å². The molecule has 3 aliphatic rings. The standard InChI is InChI=1S/C51H58O11S/c1-3-63-51-48(58-31-37-21-12-6-13-22-37)46(44-42(61-51)34-59-49(62-44)40-25-14-7-15-26-40)56-32-39-24-16-23-38(27-39)28-54-33-41-43(52)45(55-29-35-17-8-4-9-18-35)47(50(53-2)60-41)57-30-36-19-10-5-11-20-36/h4-27,41-52H,3,28-34H2,1-2H3.